The Labute approximate surface area is 227 Å². The summed E-state index contributed by atoms with van der Waals surface area (Å²) in [6, 6.07) is 28.2. The van der Waals surface area contributed by atoms with E-state index in [1.165, 1.54) is 0 Å². The molecule has 38 heavy (non-hydrogen) atoms. The average molecular weight is 522 g/mol. The quantitative estimate of drug-likeness (QED) is 0.225. The number of nitrogens with zero attached hydrogens (tertiary/aromatic N) is 4. The molecule has 0 fully saturated rings. The number of carbonyl (C=O) groups excluding carboxylic acids is 1. The zero-order valence-corrected chi connectivity index (χ0v) is 22.5. The maximum atomic E-state index is 13.3. The van der Waals surface area contributed by atoms with Gasteiger partial charge in [-0.05, 0) is 65.7 Å². The van der Waals surface area contributed by atoms with E-state index in [0.29, 0.717) is 5.56 Å². The number of hydrogen-bond acceptors (Lipinski definition) is 6. The first-order valence-electron chi connectivity index (χ1n) is 12.8. The minimum Gasteiger partial charge on any atom is -0.358 e. The number of carbonyl (C=O) groups is 1. The fourth-order valence-electron chi connectivity index (χ4n) is 4.48. The van der Waals surface area contributed by atoms with Crippen LogP contribution in [0.25, 0.3) is 21.3 Å². The maximum Gasteiger partial charge on any atom is 0.255 e. The number of aromatic nitrogens is 2. The van der Waals surface area contributed by atoms with Gasteiger partial charge >= 0.3 is 0 Å². The molecule has 0 aliphatic carbocycles. The highest BCUT2D eigenvalue weighted by molar-refractivity contribution is 7.16. The van der Waals surface area contributed by atoms with Crippen LogP contribution in [0, 0.1) is 0 Å². The molecule has 5 rings (SSSR count). The van der Waals surface area contributed by atoms with E-state index in [0.717, 1.165) is 64.6 Å². The van der Waals surface area contributed by atoms with Gasteiger partial charge in [0.05, 0.1) is 15.7 Å². The van der Waals surface area contributed by atoms with Crippen LogP contribution in [-0.4, -0.2) is 47.5 Å². The Kier molecular flexibility index (Phi) is 8.06. The second kappa shape index (κ2) is 12.0. The molecule has 7 heteroatoms. The zero-order chi connectivity index (χ0) is 26.3. The molecule has 1 N–H and O–H groups in total. The van der Waals surface area contributed by atoms with Gasteiger partial charge < -0.3 is 10.2 Å². The highest BCUT2D eigenvalue weighted by atomic mass is 32.1. The number of amides is 1. The van der Waals surface area contributed by atoms with Crippen LogP contribution in [0.1, 0.15) is 22.8 Å². The smallest absolute Gasteiger partial charge is 0.255 e. The molecule has 0 saturated heterocycles. The van der Waals surface area contributed by atoms with Crippen LogP contribution in [0.15, 0.2) is 96.6 Å². The van der Waals surface area contributed by atoms with Crippen molar-refractivity contribution in [1.29, 1.82) is 0 Å². The van der Waals surface area contributed by atoms with Gasteiger partial charge in [-0.2, -0.15) is 0 Å². The van der Waals surface area contributed by atoms with Crippen LogP contribution in [0.4, 0.5) is 11.5 Å². The summed E-state index contributed by atoms with van der Waals surface area (Å²) in [5.41, 5.74) is 7.50. The molecule has 0 spiro atoms. The third-order valence-corrected chi connectivity index (χ3v) is 7.48. The van der Waals surface area contributed by atoms with E-state index < -0.39 is 0 Å². The van der Waals surface area contributed by atoms with Crippen molar-refractivity contribution in [1.82, 2.24) is 14.9 Å². The lowest BCUT2D eigenvalue weighted by Crippen LogP contribution is -2.33. The van der Waals surface area contributed by atoms with E-state index >= 15 is 0 Å². The Balaban J connectivity index is 1.37. The predicted octanol–water partition coefficient (Wildman–Crippen LogP) is 6.57. The molecule has 3 aromatic carbocycles. The average Bonchev–Trinajstić information content (AvgIpc) is 3.44. The molecule has 0 atom stereocenters. The number of pyridine rings is 1. The maximum absolute atomic E-state index is 13.3. The summed E-state index contributed by atoms with van der Waals surface area (Å²) in [5.74, 6) is 0.835. The van der Waals surface area contributed by atoms with E-state index in [2.05, 4.69) is 57.3 Å². The molecule has 2 aromatic heterocycles. The molecule has 0 unspecified atom stereocenters. The minimum absolute atomic E-state index is 0.127. The summed E-state index contributed by atoms with van der Waals surface area (Å²) < 4.78 is 1.10. The molecule has 6 nitrogen and oxygen atoms in total. The predicted molar refractivity (Wildman–Crippen MR) is 158 cm³/mol. The van der Waals surface area contributed by atoms with E-state index in [9.17, 15) is 4.79 Å². The summed E-state index contributed by atoms with van der Waals surface area (Å²) in [7, 11) is 2.07. The van der Waals surface area contributed by atoms with Crippen molar-refractivity contribution in [3.05, 3.63) is 108 Å². The van der Waals surface area contributed by atoms with Crippen LogP contribution in [0.5, 0.6) is 0 Å². The minimum atomic E-state index is -0.127. The molecular weight excluding hydrogens is 490 g/mol. The number of likely N-dealkylation sites (N-methyl/N-ethyl adjacent to an activating group) is 2. The van der Waals surface area contributed by atoms with Gasteiger partial charge in [-0.3, -0.25) is 9.69 Å². The van der Waals surface area contributed by atoms with E-state index in [4.69, 9.17) is 0 Å². The van der Waals surface area contributed by atoms with Crippen molar-refractivity contribution in [2.45, 2.75) is 13.5 Å². The number of thiazole rings is 1. The van der Waals surface area contributed by atoms with Gasteiger partial charge in [-0.15, -0.1) is 11.3 Å². The summed E-state index contributed by atoms with van der Waals surface area (Å²) >= 11 is 1.59. The Morgan fingerprint density at radius 2 is 1.76 bits per heavy atom. The second-order valence-electron chi connectivity index (χ2n) is 9.21. The summed E-state index contributed by atoms with van der Waals surface area (Å²) in [4.78, 5) is 26.7. The third kappa shape index (κ3) is 6.07. The standard InChI is InChI=1S/C31H31N5OS/c1-3-36(18-17-35(2)30-11-7-8-16-32-30)21-25-19-24(12-14-27(25)23-9-5-4-6-10-23)31(37)34-26-13-15-29-28(20-26)33-22-38-29/h4-16,19-20,22H,3,17-18,21H2,1-2H3,(H,34,37). The summed E-state index contributed by atoms with van der Waals surface area (Å²) in [5, 5.41) is 3.05. The largest absolute Gasteiger partial charge is 0.358 e. The molecular formula is C31H31N5OS. The highest BCUT2D eigenvalue weighted by Crippen LogP contribution is 2.27. The summed E-state index contributed by atoms with van der Waals surface area (Å²) in [6.45, 7) is 5.54. The zero-order valence-electron chi connectivity index (χ0n) is 21.7. The van der Waals surface area contributed by atoms with Crippen molar-refractivity contribution in [2.24, 2.45) is 0 Å². The first kappa shape index (κ1) is 25.6. The van der Waals surface area contributed by atoms with Crippen molar-refractivity contribution >= 4 is 39.0 Å². The molecule has 1 amide bonds. The molecule has 0 aliphatic rings. The molecule has 0 aliphatic heterocycles. The van der Waals surface area contributed by atoms with Gasteiger partial charge in [-0.1, -0.05) is 49.4 Å². The van der Waals surface area contributed by atoms with Crippen LogP contribution in [0.3, 0.4) is 0 Å². The molecule has 0 bridgehead atoms. The van der Waals surface area contributed by atoms with Crippen molar-refractivity contribution in [3.8, 4) is 11.1 Å². The first-order valence-corrected chi connectivity index (χ1v) is 13.7. The van der Waals surface area contributed by atoms with E-state index in [-0.39, 0.29) is 5.91 Å². The topological polar surface area (TPSA) is 61.4 Å². The van der Waals surface area contributed by atoms with Crippen molar-refractivity contribution in [3.63, 3.8) is 0 Å². The van der Waals surface area contributed by atoms with Crippen LogP contribution < -0.4 is 10.2 Å². The molecule has 192 valence electrons. The van der Waals surface area contributed by atoms with Crippen LogP contribution in [0.2, 0.25) is 0 Å². The Bertz CT molecular complexity index is 1500. The number of hydrogen-bond donors (Lipinski definition) is 1. The van der Waals surface area contributed by atoms with Crippen molar-refractivity contribution < 1.29 is 4.79 Å². The van der Waals surface area contributed by atoms with E-state index in [1.807, 2.05) is 78.4 Å². The Hall–Kier alpha value is -4.07. The number of anilines is 2. The van der Waals surface area contributed by atoms with Gasteiger partial charge in [0.15, 0.2) is 0 Å². The van der Waals surface area contributed by atoms with Gasteiger partial charge in [0.2, 0.25) is 0 Å². The van der Waals surface area contributed by atoms with E-state index in [1.54, 1.807) is 11.3 Å². The Morgan fingerprint density at radius 3 is 2.55 bits per heavy atom. The fourth-order valence-corrected chi connectivity index (χ4v) is 5.14. The highest BCUT2D eigenvalue weighted by Gasteiger charge is 2.15. The fraction of sp³-hybridized carbons (Fsp3) is 0.194. The number of nitrogens with one attached hydrogen (secondary N) is 1. The molecule has 2 heterocycles. The number of benzene rings is 3. The number of fused-ring (bicyclic) bond motifs is 1. The molecule has 0 saturated carbocycles. The van der Waals surface area contributed by atoms with Crippen LogP contribution in [-0.2, 0) is 6.54 Å². The van der Waals surface area contributed by atoms with Gasteiger partial charge in [0.25, 0.3) is 5.91 Å². The number of rotatable bonds is 10. The SMILES string of the molecule is CCN(CCN(C)c1ccccn1)Cc1cc(C(=O)Nc2ccc3scnc3c2)ccc1-c1ccccc1. The summed E-state index contributed by atoms with van der Waals surface area (Å²) in [6.07, 6.45) is 1.82. The third-order valence-electron chi connectivity index (χ3n) is 6.67. The lowest BCUT2D eigenvalue weighted by molar-refractivity contribution is 0.102. The molecule has 5 aromatic rings. The molecule has 0 radical (unpaired) electrons. The lowest BCUT2D eigenvalue weighted by atomic mass is 9.96. The van der Waals surface area contributed by atoms with Gasteiger partial charge in [0.1, 0.15) is 5.82 Å². The second-order valence-corrected chi connectivity index (χ2v) is 10.1. The Morgan fingerprint density at radius 1 is 0.921 bits per heavy atom. The van der Waals surface area contributed by atoms with Gasteiger partial charge in [0, 0.05) is 44.1 Å². The lowest BCUT2D eigenvalue weighted by Gasteiger charge is -2.26. The van der Waals surface area contributed by atoms with Gasteiger partial charge in [-0.25, -0.2) is 9.97 Å². The monoisotopic (exact) mass is 521 g/mol. The van der Waals surface area contributed by atoms with Crippen molar-refractivity contribution in [2.75, 3.05) is 36.9 Å². The first-order chi connectivity index (χ1) is 18.6. The van der Waals surface area contributed by atoms with Crippen LogP contribution >= 0.6 is 11.3 Å². The normalized spacial score (nSPS) is 11.1.